The third-order valence-corrected chi connectivity index (χ3v) is 4.33. The average Bonchev–Trinajstić information content (AvgIpc) is 2.59. The van der Waals surface area contributed by atoms with Gasteiger partial charge in [0.1, 0.15) is 5.01 Å². The van der Waals surface area contributed by atoms with E-state index in [0.29, 0.717) is 12.0 Å². The highest BCUT2D eigenvalue weighted by Gasteiger charge is 2.10. The van der Waals surface area contributed by atoms with Crippen LogP contribution in [0.2, 0.25) is 0 Å². The molecule has 14 heavy (non-hydrogen) atoms. The van der Waals surface area contributed by atoms with E-state index in [1.807, 2.05) is 6.92 Å². The van der Waals surface area contributed by atoms with Gasteiger partial charge in [-0.05, 0) is 19.8 Å². The van der Waals surface area contributed by atoms with E-state index < -0.39 is 0 Å². The predicted molar refractivity (Wildman–Crippen MR) is 66.1 cm³/mol. The van der Waals surface area contributed by atoms with Gasteiger partial charge in [-0.15, -0.1) is 11.3 Å². The quantitative estimate of drug-likeness (QED) is 0.837. The predicted octanol–water partition coefficient (Wildman–Crippen LogP) is 2.96. The van der Waals surface area contributed by atoms with Gasteiger partial charge in [0.15, 0.2) is 0 Å². The second-order valence-corrected chi connectivity index (χ2v) is 5.27. The number of nitrogens with zero attached hydrogens (tertiary/aromatic N) is 1. The highest BCUT2D eigenvalue weighted by molar-refractivity contribution is 9.09. The molecule has 1 heterocycles. The Morgan fingerprint density at radius 1 is 1.57 bits per heavy atom. The monoisotopic (exact) mass is 276 g/mol. The number of aromatic nitrogens is 1. The van der Waals surface area contributed by atoms with Crippen LogP contribution in [0.15, 0.2) is 5.38 Å². The van der Waals surface area contributed by atoms with Gasteiger partial charge >= 0.3 is 0 Å². The molecule has 0 aliphatic carbocycles. The van der Waals surface area contributed by atoms with Crippen molar-refractivity contribution in [3.05, 3.63) is 16.1 Å². The average molecular weight is 277 g/mol. The van der Waals surface area contributed by atoms with E-state index in [1.54, 1.807) is 11.3 Å². The molecule has 1 aromatic heterocycles. The minimum atomic E-state index is 0.526. The molecule has 0 saturated heterocycles. The molecular weight excluding hydrogens is 260 g/mol. The number of aryl methyl sites for hydroxylation is 1. The molecule has 0 saturated carbocycles. The zero-order chi connectivity index (χ0) is 10.6. The Hall–Kier alpha value is 0.0700. The molecule has 80 valence electrons. The molecule has 0 aliphatic rings. The summed E-state index contributed by atoms with van der Waals surface area (Å²) in [6, 6.07) is 0.526. The lowest BCUT2D eigenvalue weighted by atomic mass is 10.1. The molecule has 1 N–H and O–H groups in total. The summed E-state index contributed by atoms with van der Waals surface area (Å²) < 4.78 is 0. The summed E-state index contributed by atoms with van der Waals surface area (Å²) in [5, 5.41) is 7.79. The van der Waals surface area contributed by atoms with Crippen LogP contribution in [0.1, 0.15) is 24.5 Å². The molecule has 2 nitrogen and oxygen atoms in total. The lowest BCUT2D eigenvalue weighted by Gasteiger charge is -2.18. The third-order valence-electron chi connectivity index (χ3n) is 2.34. The van der Waals surface area contributed by atoms with Gasteiger partial charge in [0.2, 0.25) is 0 Å². The number of hydrogen-bond acceptors (Lipinski definition) is 3. The van der Waals surface area contributed by atoms with E-state index in [4.69, 9.17) is 0 Å². The van der Waals surface area contributed by atoms with Crippen LogP contribution in [0.25, 0.3) is 0 Å². The van der Waals surface area contributed by atoms with E-state index in [0.717, 1.165) is 17.6 Å². The van der Waals surface area contributed by atoms with Crippen molar-refractivity contribution in [2.75, 3.05) is 5.33 Å². The van der Waals surface area contributed by atoms with Crippen molar-refractivity contribution in [3.8, 4) is 0 Å². The van der Waals surface area contributed by atoms with Crippen LogP contribution in [0, 0.1) is 12.8 Å². The second-order valence-electron chi connectivity index (χ2n) is 3.68. The van der Waals surface area contributed by atoms with Crippen molar-refractivity contribution in [1.29, 1.82) is 0 Å². The van der Waals surface area contributed by atoms with Gasteiger partial charge in [-0.1, -0.05) is 22.9 Å². The zero-order valence-corrected chi connectivity index (χ0v) is 11.3. The number of thiazole rings is 1. The standard InChI is InChI=1S/C10H17BrN2S/c1-7(4-11)9(3)12-5-10-13-8(2)6-14-10/h6-7,9,12H,4-5H2,1-3H3. The smallest absolute Gasteiger partial charge is 0.107 e. The largest absolute Gasteiger partial charge is 0.308 e. The summed E-state index contributed by atoms with van der Waals surface area (Å²) in [5.41, 5.74) is 1.12. The van der Waals surface area contributed by atoms with E-state index in [9.17, 15) is 0 Å². The Kier molecular flexibility index (Phi) is 5.06. The van der Waals surface area contributed by atoms with Gasteiger partial charge < -0.3 is 5.32 Å². The maximum Gasteiger partial charge on any atom is 0.107 e. The molecule has 4 heteroatoms. The molecule has 0 radical (unpaired) electrons. The van der Waals surface area contributed by atoms with Crippen LogP contribution in [0.4, 0.5) is 0 Å². The lowest BCUT2D eigenvalue weighted by Crippen LogP contribution is -2.32. The van der Waals surface area contributed by atoms with Crippen LogP contribution >= 0.6 is 27.3 Å². The summed E-state index contributed by atoms with van der Waals surface area (Å²) in [6.07, 6.45) is 0. The van der Waals surface area contributed by atoms with Crippen LogP contribution in [-0.2, 0) is 6.54 Å². The zero-order valence-electron chi connectivity index (χ0n) is 8.88. The Bertz CT molecular complexity index is 275. The van der Waals surface area contributed by atoms with Crippen LogP contribution in [0.3, 0.4) is 0 Å². The first-order chi connectivity index (χ1) is 6.63. The van der Waals surface area contributed by atoms with Crippen molar-refractivity contribution in [2.24, 2.45) is 5.92 Å². The third kappa shape index (κ3) is 3.67. The van der Waals surface area contributed by atoms with Gasteiger partial charge in [0.25, 0.3) is 0 Å². The van der Waals surface area contributed by atoms with E-state index in [2.05, 4.69) is 45.5 Å². The molecule has 0 spiro atoms. The summed E-state index contributed by atoms with van der Waals surface area (Å²) in [5.74, 6) is 0.649. The summed E-state index contributed by atoms with van der Waals surface area (Å²) in [4.78, 5) is 4.41. The van der Waals surface area contributed by atoms with Crippen molar-refractivity contribution >= 4 is 27.3 Å². The molecule has 2 unspecified atom stereocenters. The van der Waals surface area contributed by atoms with Gasteiger partial charge in [-0.2, -0.15) is 0 Å². The van der Waals surface area contributed by atoms with E-state index in [1.165, 1.54) is 5.01 Å². The fraction of sp³-hybridized carbons (Fsp3) is 0.700. The summed E-state index contributed by atoms with van der Waals surface area (Å²) in [6.45, 7) is 7.37. The topological polar surface area (TPSA) is 24.9 Å². The Balaban J connectivity index is 2.33. The fourth-order valence-electron chi connectivity index (χ4n) is 1.07. The van der Waals surface area contributed by atoms with E-state index in [-0.39, 0.29) is 0 Å². The number of hydrogen-bond donors (Lipinski definition) is 1. The second kappa shape index (κ2) is 5.83. The molecule has 2 atom stereocenters. The summed E-state index contributed by atoms with van der Waals surface area (Å²) >= 11 is 5.22. The molecular formula is C10H17BrN2S. The fourth-order valence-corrected chi connectivity index (χ4v) is 2.35. The molecule has 0 fully saturated rings. The lowest BCUT2D eigenvalue weighted by molar-refractivity contribution is 0.433. The molecule has 1 rings (SSSR count). The minimum absolute atomic E-state index is 0.526. The molecule has 0 bridgehead atoms. The highest BCUT2D eigenvalue weighted by Crippen LogP contribution is 2.10. The normalized spacial score (nSPS) is 15.4. The Labute approximate surface area is 98.3 Å². The van der Waals surface area contributed by atoms with Gasteiger partial charge in [0, 0.05) is 29.0 Å². The number of halogens is 1. The molecule has 0 aromatic carbocycles. The van der Waals surface area contributed by atoms with Gasteiger partial charge in [-0.25, -0.2) is 4.98 Å². The first-order valence-corrected chi connectivity index (χ1v) is 6.84. The highest BCUT2D eigenvalue weighted by atomic mass is 79.9. The number of alkyl halides is 1. The van der Waals surface area contributed by atoms with Gasteiger partial charge in [-0.3, -0.25) is 0 Å². The van der Waals surface area contributed by atoms with Crippen molar-refractivity contribution in [3.63, 3.8) is 0 Å². The maximum atomic E-state index is 4.41. The van der Waals surface area contributed by atoms with E-state index >= 15 is 0 Å². The van der Waals surface area contributed by atoms with Crippen LogP contribution in [-0.4, -0.2) is 16.4 Å². The SMILES string of the molecule is Cc1csc(CNC(C)C(C)CBr)n1. The Morgan fingerprint density at radius 2 is 2.29 bits per heavy atom. The van der Waals surface area contributed by atoms with Crippen LogP contribution < -0.4 is 5.32 Å². The first-order valence-electron chi connectivity index (χ1n) is 4.84. The maximum absolute atomic E-state index is 4.41. The Morgan fingerprint density at radius 3 is 2.79 bits per heavy atom. The minimum Gasteiger partial charge on any atom is -0.308 e. The molecule has 0 aliphatic heterocycles. The van der Waals surface area contributed by atoms with Crippen molar-refractivity contribution in [2.45, 2.75) is 33.4 Å². The van der Waals surface area contributed by atoms with Crippen molar-refractivity contribution in [1.82, 2.24) is 10.3 Å². The number of rotatable bonds is 5. The van der Waals surface area contributed by atoms with Crippen LogP contribution in [0.5, 0.6) is 0 Å². The van der Waals surface area contributed by atoms with Gasteiger partial charge in [0.05, 0.1) is 0 Å². The number of nitrogens with one attached hydrogen (secondary N) is 1. The molecule has 1 aromatic rings. The molecule has 0 amide bonds. The first kappa shape index (κ1) is 12.1. The van der Waals surface area contributed by atoms with Crippen molar-refractivity contribution < 1.29 is 0 Å². The summed E-state index contributed by atoms with van der Waals surface area (Å²) in [7, 11) is 0.